The summed E-state index contributed by atoms with van der Waals surface area (Å²) in [5.74, 6) is 0.255. The van der Waals surface area contributed by atoms with Crippen molar-refractivity contribution in [2.75, 3.05) is 7.11 Å². The van der Waals surface area contributed by atoms with E-state index in [4.69, 9.17) is 21.1 Å². The molecule has 0 heterocycles. The molecule has 2 aromatic rings. The van der Waals surface area contributed by atoms with Gasteiger partial charge in [0.2, 0.25) is 0 Å². The van der Waals surface area contributed by atoms with Crippen molar-refractivity contribution in [3.8, 4) is 17.6 Å². The molecule has 0 bridgehead atoms. The number of nitrogens with zero attached hydrogens (tertiary/aromatic N) is 1. The zero-order valence-corrected chi connectivity index (χ0v) is 15.5. The van der Waals surface area contributed by atoms with Crippen LogP contribution >= 0.6 is 11.6 Å². The Morgan fingerprint density at radius 2 is 1.81 bits per heavy atom. The maximum atomic E-state index is 11.8. The third-order valence-electron chi connectivity index (χ3n) is 3.39. The normalized spacial score (nSPS) is 10.7. The molecule has 26 heavy (non-hydrogen) atoms. The first-order valence-corrected chi connectivity index (χ1v) is 8.23. The zero-order valence-electron chi connectivity index (χ0n) is 14.7. The van der Waals surface area contributed by atoms with E-state index in [-0.39, 0.29) is 0 Å². The van der Waals surface area contributed by atoms with Crippen LogP contribution in [0, 0.1) is 11.3 Å². The van der Waals surface area contributed by atoms with E-state index in [9.17, 15) is 10.1 Å². The van der Waals surface area contributed by atoms with Crippen molar-refractivity contribution in [3.63, 3.8) is 0 Å². The molecule has 132 valence electrons. The summed E-state index contributed by atoms with van der Waals surface area (Å²) in [4.78, 5) is 11.8. The van der Waals surface area contributed by atoms with E-state index in [1.807, 2.05) is 13.8 Å². The summed E-state index contributed by atoms with van der Waals surface area (Å²) in [5.41, 5.74) is 2.83. The molecule has 0 saturated heterocycles. The van der Waals surface area contributed by atoms with Gasteiger partial charge in [-0.1, -0.05) is 35.4 Å². The van der Waals surface area contributed by atoms with Gasteiger partial charge >= 0.3 is 5.97 Å². The number of ether oxygens (including phenoxy) is 2. The van der Waals surface area contributed by atoms with Crippen LogP contribution in [0.4, 0.5) is 0 Å². The maximum absolute atomic E-state index is 11.8. The van der Waals surface area contributed by atoms with Crippen molar-refractivity contribution in [1.29, 1.82) is 5.26 Å². The number of carbonyl (C=O) groups excluding carboxylic acids is 1. The molecule has 0 fully saturated rings. The summed E-state index contributed by atoms with van der Waals surface area (Å²) in [6.45, 7) is 3.62. The van der Waals surface area contributed by atoms with Gasteiger partial charge in [0, 0.05) is 11.1 Å². The van der Waals surface area contributed by atoms with E-state index >= 15 is 0 Å². The van der Waals surface area contributed by atoms with E-state index in [1.54, 1.807) is 48.5 Å². The number of allylic oxidation sites excluding steroid dienone is 2. The fourth-order valence-electron chi connectivity index (χ4n) is 2.21. The summed E-state index contributed by atoms with van der Waals surface area (Å²) >= 11 is 5.89. The molecule has 5 heteroatoms. The van der Waals surface area contributed by atoms with Gasteiger partial charge in [-0.05, 0) is 55.3 Å². The molecular weight excluding hydrogens is 350 g/mol. The first-order valence-electron chi connectivity index (χ1n) is 7.85. The lowest BCUT2D eigenvalue weighted by atomic mass is 10.0. The van der Waals surface area contributed by atoms with Crippen LogP contribution in [0.1, 0.15) is 25.0 Å². The van der Waals surface area contributed by atoms with Crippen molar-refractivity contribution in [3.05, 3.63) is 70.3 Å². The standard InChI is InChI=1S/C21H18ClNO3/c1-14(2)10-21(24)26-19-9-4-15(12-20(19)25-3)11-17(13-23)16-5-7-18(22)8-6-16/h4-12H,1-3H3/b17-11-. The minimum Gasteiger partial charge on any atom is -0.493 e. The molecular formula is C21H18ClNO3. The van der Waals surface area contributed by atoms with Crippen molar-refractivity contribution >= 4 is 29.2 Å². The third-order valence-corrected chi connectivity index (χ3v) is 3.64. The summed E-state index contributed by atoms with van der Waals surface area (Å²) in [7, 11) is 1.49. The lowest BCUT2D eigenvalue weighted by Gasteiger charge is -2.09. The number of hydrogen-bond acceptors (Lipinski definition) is 4. The average Bonchev–Trinajstić information content (AvgIpc) is 2.61. The monoisotopic (exact) mass is 367 g/mol. The molecule has 0 radical (unpaired) electrons. The van der Waals surface area contributed by atoms with E-state index in [0.29, 0.717) is 22.1 Å². The maximum Gasteiger partial charge on any atom is 0.336 e. The summed E-state index contributed by atoms with van der Waals surface area (Å²) in [5, 5.41) is 10.0. The quantitative estimate of drug-likeness (QED) is 0.237. The molecule has 2 aromatic carbocycles. The van der Waals surface area contributed by atoms with E-state index in [2.05, 4.69) is 6.07 Å². The van der Waals surface area contributed by atoms with Gasteiger partial charge in [-0.15, -0.1) is 0 Å². The molecule has 0 N–H and O–H groups in total. The highest BCUT2D eigenvalue weighted by Crippen LogP contribution is 2.30. The Morgan fingerprint density at radius 1 is 1.12 bits per heavy atom. The molecule has 0 aliphatic heterocycles. The van der Waals surface area contributed by atoms with Gasteiger partial charge in [0.15, 0.2) is 11.5 Å². The molecule has 0 spiro atoms. The van der Waals surface area contributed by atoms with Gasteiger partial charge in [-0.3, -0.25) is 0 Å². The van der Waals surface area contributed by atoms with Gasteiger partial charge in [-0.2, -0.15) is 5.26 Å². The lowest BCUT2D eigenvalue weighted by Crippen LogP contribution is -2.05. The second-order valence-electron chi connectivity index (χ2n) is 5.73. The van der Waals surface area contributed by atoms with Crippen molar-refractivity contribution < 1.29 is 14.3 Å². The number of nitriles is 1. The number of hydrogen-bond donors (Lipinski definition) is 0. The van der Waals surface area contributed by atoms with E-state index in [0.717, 1.165) is 16.7 Å². The molecule has 0 aromatic heterocycles. The minimum atomic E-state index is -0.467. The van der Waals surface area contributed by atoms with Crippen LogP contribution in [0.25, 0.3) is 11.6 Å². The van der Waals surface area contributed by atoms with Gasteiger partial charge in [-0.25, -0.2) is 4.79 Å². The topological polar surface area (TPSA) is 59.3 Å². The smallest absolute Gasteiger partial charge is 0.336 e. The molecule has 0 aliphatic rings. The summed E-state index contributed by atoms with van der Waals surface area (Å²) in [6, 6.07) is 14.3. The number of methoxy groups -OCH3 is 1. The first kappa shape index (κ1) is 19.3. The fourth-order valence-corrected chi connectivity index (χ4v) is 2.33. The Bertz CT molecular complexity index is 902. The van der Waals surface area contributed by atoms with E-state index < -0.39 is 5.97 Å². The zero-order chi connectivity index (χ0) is 19.1. The second kappa shape index (κ2) is 8.89. The van der Waals surface area contributed by atoms with Crippen molar-refractivity contribution in [2.45, 2.75) is 13.8 Å². The van der Waals surface area contributed by atoms with Gasteiger partial charge in [0.25, 0.3) is 0 Å². The van der Waals surface area contributed by atoms with E-state index in [1.165, 1.54) is 13.2 Å². The second-order valence-corrected chi connectivity index (χ2v) is 6.17. The Balaban J connectivity index is 2.33. The largest absolute Gasteiger partial charge is 0.493 e. The average molecular weight is 368 g/mol. The highest BCUT2D eigenvalue weighted by atomic mass is 35.5. The molecule has 4 nitrogen and oxygen atoms in total. The van der Waals surface area contributed by atoms with Crippen LogP contribution in [0.15, 0.2) is 54.1 Å². The number of halogens is 1. The molecule has 0 atom stereocenters. The predicted octanol–water partition coefficient (Wildman–Crippen LogP) is 5.28. The number of carbonyl (C=O) groups is 1. The Morgan fingerprint density at radius 3 is 2.38 bits per heavy atom. The SMILES string of the molecule is COc1cc(/C=C(/C#N)c2ccc(Cl)cc2)ccc1OC(=O)C=C(C)C. The van der Waals surface area contributed by atoms with Gasteiger partial charge < -0.3 is 9.47 Å². The van der Waals surface area contributed by atoms with Crippen LogP contribution in [0.5, 0.6) is 11.5 Å². The predicted molar refractivity (Wildman–Crippen MR) is 103 cm³/mol. The van der Waals surface area contributed by atoms with Gasteiger partial charge in [0.05, 0.1) is 18.8 Å². The Hall–Kier alpha value is -3.03. The summed E-state index contributed by atoms with van der Waals surface area (Å²) < 4.78 is 10.6. The molecule has 2 rings (SSSR count). The molecule has 0 unspecified atom stereocenters. The molecule has 0 saturated carbocycles. The van der Waals surface area contributed by atoms with Gasteiger partial charge in [0.1, 0.15) is 0 Å². The summed E-state index contributed by atoms with van der Waals surface area (Å²) in [6.07, 6.45) is 3.13. The first-order chi connectivity index (χ1) is 12.4. The van der Waals surface area contributed by atoms with Crippen LogP contribution in [-0.2, 0) is 4.79 Å². The minimum absolute atomic E-state index is 0.317. The number of benzene rings is 2. The molecule has 0 aliphatic carbocycles. The van der Waals surface area contributed by atoms with Crippen molar-refractivity contribution in [2.24, 2.45) is 0 Å². The van der Waals surface area contributed by atoms with Crippen LogP contribution in [0.2, 0.25) is 5.02 Å². The third kappa shape index (κ3) is 5.23. The highest BCUT2D eigenvalue weighted by Gasteiger charge is 2.10. The Kier molecular flexibility index (Phi) is 6.60. The number of esters is 1. The Labute approximate surface area is 157 Å². The van der Waals surface area contributed by atoms with Crippen LogP contribution in [-0.4, -0.2) is 13.1 Å². The fraction of sp³-hybridized carbons (Fsp3) is 0.143. The van der Waals surface area contributed by atoms with Crippen LogP contribution < -0.4 is 9.47 Å². The molecule has 0 amide bonds. The highest BCUT2D eigenvalue weighted by molar-refractivity contribution is 6.30. The van der Waals surface area contributed by atoms with Crippen molar-refractivity contribution in [1.82, 2.24) is 0 Å². The lowest BCUT2D eigenvalue weighted by molar-refractivity contribution is -0.129. The number of rotatable bonds is 5. The van der Waals surface area contributed by atoms with Crippen LogP contribution in [0.3, 0.4) is 0 Å².